The van der Waals surface area contributed by atoms with Crippen LogP contribution in [0.3, 0.4) is 0 Å². The van der Waals surface area contributed by atoms with E-state index in [1.807, 2.05) is 19.1 Å². The summed E-state index contributed by atoms with van der Waals surface area (Å²) in [5.74, 6) is 0.138. The third-order valence-corrected chi connectivity index (χ3v) is 3.06. The van der Waals surface area contributed by atoms with Crippen LogP contribution in [0, 0.1) is 6.92 Å². The van der Waals surface area contributed by atoms with Crippen LogP contribution in [-0.4, -0.2) is 31.5 Å². The number of aromatic hydroxyl groups is 1. The lowest BCUT2D eigenvalue weighted by atomic mass is 10.0. The zero-order valence-corrected chi connectivity index (χ0v) is 10.2. The molecule has 2 aliphatic rings. The van der Waals surface area contributed by atoms with Gasteiger partial charge < -0.3 is 24.1 Å². The molecule has 3 rings (SSSR count). The first kappa shape index (κ1) is 11.9. The topological polar surface area (TPSA) is 57.2 Å². The van der Waals surface area contributed by atoms with Crippen molar-refractivity contribution in [2.75, 3.05) is 26.4 Å². The van der Waals surface area contributed by atoms with E-state index in [-0.39, 0.29) is 5.75 Å². The summed E-state index contributed by atoms with van der Waals surface area (Å²) in [5.41, 5.74) is 2.29. The molecule has 0 amide bonds. The molecule has 0 atom stereocenters. The molecular formula is C13H16O5. The van der Waals surface area contributed by atoms with E-state index in [1.165, 1.54) is 0 Å². The van der Waals surface area contributed by atoms with E-state index in [2.05, 4.69) is 0 Å². The van der Waals surface area contributed by atoms with Crippen LogP contribution < -0.4 is 0 Å². The van der Waals surface area contributed by atoms with Crippen LogP contribution >= 0.6 is 0 Å². The van der Waals surface area contributed by atoms with Crippen molar-refractivity contribution in [2.45, 2.75) is 19.5 Å². The van der Waals surface area contributed by atoms with Crippen molar-refractivity contribution < 1.29 is 24.1 Å². The Bertz CT molecular complexity index is 396. The summed E-state index contributed by atoms with van der Waals surface area (Å²) in [7, 11) is 0. The van der Waals surface area contributed by atoms with Crippen LogP contribution in [0.25, 0.3) is 0 Å². The number of phenols is 1. The first-order valence-corrected chi connectivity index (χ1v) is 6.05. The predicted molar refractivity (Wildman–Crippen MR) is 62.1 cm³/mol. The Morgan fingerprint density at radius 1 is 0.889 bits per heavy atom. The Labute approximate surface area is 105 Å². The Kier molecular flexibility index (Phi) is 3.22. The quantitative estimate of drug-likeness (QED) is 0.869. The van der Waals surface area contributed by atoms with Crippen molar-refractivity contribution in [1.29, 1.82) is 0 Å². The summed E-state index contributed by atoms with van der Waals surface area (Å²) in [6, 6.07) is 3.73. The Balaban J connectivity index is 1.98. The highest BCUT2D eigenvalue weighted by Crippen LogP contribution is 2.39. The fraction of sp³-hybridized carbons (Fsp3) is 0.538. The minimum atomic E-state index is -0.495. The van der Waals surface area contributed by atoms with Gasteiger partial charge in [0.1, 0.15) is 5.75 Å². The number of hydrogen-bond acceptors (Lipinski definition) is 5. The van der Waals surface area contributed by atoms with Crippen LogP contribution in [0.4, 0.5) is 0 Å². The summed E-state index contributed by atoms with van der Waals surface area (Å²) in [6.07, 6.45) is -0.991. The Morgan fingerprint density at radius 3 is 1.67 bits per heavy atom. The second-order valence-electron chi connectivity index (χ2n) is 4.44. The summed E-state index contributed by atoms with van der Waals surface area (Å²) in [6.45, 7) is 4.14. The molecule has 0 saturated carbocycles. The molecule has 5 heteroatoms. The van der Waals surface area contributed by atoms with Gasteiger partial charge in [0.15, 0.2) is 12.6 Å². The molecule has 1 N–H and O–H groups in total. The van der Waals surface area contributed by atoms with Gasteiger partial charge in [-0.25, -0.2) is 0 Å². The van der Waals surface area contributed by atoms with Crippen molar-refractivity contribution in [1.82, 2.24) is 0 Å². The lowest BCUT2D eigenvalue weighted by molar-refractivity contribution is -0.0519. The average Bonchev–Trinajstić information content (AvgIpc) is 3.02. The summed E-state index contributed by atoms with van der Waals surface area (Å²) >= 11 is 0. The van der Waals surface area contributed by atoms with Gasteiger partial charge in [0.2, 0.25) is 0 Å². The summed E-state index contributed by atoms with van der Waals surface area (Å²) < 4.78 is 21.7. The van der Waals surface area contributed by atoms with Gasteiger partial charge in [0.25, 0.3) is 0 Å². The highest BCUT2D eigenvalue weighted by Gasteiger charge is 2.28. The predicted octanol–water partition coefficient (Wildman–Crippen LogP) is 1.79. The number of ether oxygens (including phenoxy) is 4. The highest BCUT2D eigenvalue weighted by atomic mass is 16.7. The van der Waals surface area contributed by atoms with E-state index >= 15 is 0 Å². The molecule has 2 heterocycles. The normalized spacial score (nSPS) is 21.8. The van der Waals surface area contributed by atoms with Gasteiger partial charge in [-0.2, -0.15) is 0 Å². The fourth-order valence-corrected chi connectivity index (χ4v) is 2.27. The third-order valence-electron chi connectivity index (χ3n) is 3.06. The largest absolute Gasteiger partial charge is 0.507 e. The van der Waals surface area contributed by atoms with Crippen molar-refractivity contribution >= 4 is 0 Å². The number of benzene rings is 1. The van der Waals surface area contributed by atoms with Gasteiger partial charge in [-0.05, 0) is 24.6 Å². The molecule has 1 aromatic carbocycles. The van der Waals surface area contributed by atoms with Crippen molar-refractivity contribution in [3.05, 3.63) is 28.8 Å². The first-order valence-electron chi connectivity index (χ1n) is 6.05. The van der Waals surface area contributed by atoms with Crippen LogP contribution in [0.2, 0.25) is 0 Å². The minimum absolute atomic E-state index is 0.138. The van der Waals surface area contributed by atoms with Crippen molar-refractivity contribution in [2.24, 2.45) is 0 Å². The maximum Gasteiger partial charge on any atom is 0.187 e. The van der Waals surface area contributed by atoms with Gasteiger partial charge in [0, 0.05) is 0 Å². The van der Waals surface area contributed by atoms with Gasteiger partial charge in [-0.15, -0.1) is 0 Å². The molecule has 0 unspecified atom stereocenters. The zero-order chi connectivity index (χ0) is 12.5. The molecule has 0 bridgehead atoms. The number of hydrogen-bond donors (Lipinski definition) is 1. The first-order chi connectivity index (χ1) is 8.75. The van der Waals surface area contributed by atoms with Crippen molar-refractivity contribution in [3.8, 4) is 5.75 Å². The second-order valence-corrected chi connectivity index (χ2v) is 4.44. The second kappa shape index (κ2) is 4.85. The third kappa shape index (κ3) is 2.10. The highest BCUT2D eigenvalue weighted by molar-refractivity contribution is 5.45. The van der Waals surface area contributed by atoms with E-state index in [4.69, 9.17) is 18.9 Å². The molecule has 98 valence electrons. The molecule has 2 aliphatic heterocycles. The lowest BCUT2D eigenvalue weighted by Gasteiger charge is -2.18. The summed E-state index contributed by atoms with van der Waals surface area (Å²) in [5, 5.41) is 10.3. The van der Waals surface area contributed by atoms with Gasteiger partial charge in [-0.1, -0.05) is 0 Å². The van der Waals surface area contributed by atoms with E-state index in [0.717, 1.165) is 5.56 Å². The fourth-order valence-electron chi connectivity index (χ4n) is 2.27. The molecule has 5 nitrogen and oxygen atoms in total. The minimum Gasteiger partial charge on any atom is -0.507 e. The number of phenolic OH excluding ortho intramolecular Hbond substituents is 1. The van der Waals surface area contributed by atoms with E-state index < -0.39 is 12.6 Å². The SMILES string of the molecule is Cc1cc(C2OCCO2)c(O)c(C2OCCO2)c1. The molecule has 0 radical (unpaired) electrons. The van der Waals surface area contributed by atoms with Crippen LogP contribution in [0.5, 0.6) is 5.75 Å². The molecule has 2 saturated heterocycles. The van der Waals surface area contributed by atoms with Crippen LogP contribution in [0.1, 0.15) is 29.3 Å². The van der Waals surface area contributed by atoms with Gasteiger partial charge in [-0.3, -0.25) is 0 Å². The summed E-state index contributed by atoms with van der Waals surface area (Å²) in [4.78, 5) is 0. The number of aryl methyl sites for hydroxylation is 1. The molecule has 0 aliphatic carbocycles. The van der Waals surface area contributed by atoms with Crippen molar-refractivity contribution in [3.63, 3.8) is 0 Å². The molecule has 1 aromatic rings. The molecular weight excluding hydrogens is 236 g/mol. The molecule has 18 heavy (non-hydrogen) atoms. The molecule has 0 aromatic heterocycles. The smallest absolute Gasteiger partial charge is 0.187 e. The number of rotatable bonds is 2. The lowest BCUT2D eigenvalue weighted by Crippen LogP contribution is -2.05. The van der Waals surface area contributed by atoms with Crippen LogP contribution in [-0.2, 0) is 18.9 Å². The van der Waals surface area contributed by atoms with Gasteiger partial charge in [0.05, 0.1) is 37.6 Å². The van der Waals surface area contributed by atoms with Gasteiger partial charge >= 0.3 is 0 Å². The zero-order valence-electron chi connectivity index (χ0n) is 10.2. The van der Waals surface area contributed by atoms with Crippen LogP contribution in [0.15, 0.2) is 12.1 Å². The molecule has 2 fully saturated rings. The monoisotopic (exact) mass is 252 g/mol. The maximum atomic E-state index is 10.3. The van der Waals surface area contributed by atoms with E-state index in [0.29, 0.717) is 37.6 Å². The Morgan fingerprint density at radius 2 is 1.28 bits per heavy atom. The molecule has 0 spiro atoms. The Hall–Kier alpha value is -1.14. The maximum absolute atomic E-state index is 10.3. The van der Waals surface area contributed by atoms with E-state index in [1.54, 1.807) is 0 Å². The average molecular weight is 252 g/mol. The van der Waals surface area contributed by atoms with E-state index in [9.17, 15) is 5.11 Å². The standard InChI is InChI=1S/C13H16O5/c1-8-6-9(12-15-2-3-16-12)11(14)10(7-8)13-17-4-5-18-13/h6-7,12-14H,2-5H2,1H3.